The molecular formula is C22H22N4O2. The van der Waals surface area contributed by atoms with E-state index in [4.69, 9.17) is 4.74 Å². The van der Waals surface area contributed by atoms with Crippen molar-refractivity contribution in [3.8, 4) is 5.75 Å². The maximum Gasteiger partial charge on any atom is 0.259 e. The summed E-state index contributed by atoms with van der Waals surface area (Å²) < 4.78 is 5.23. The molecule has 0 saturated carbocycles. The quantitative estimate of drug-likeness (QED) is 0.411. The van der Waals surface area contributed by atoms with Gasteiger partial charge in [-0.3, -0.25) is 4.79 Å². The Morgan fingerprint density at radius 3 is 2.36 bits per heavy atom. The molecule has 0 spiro atoms. The maximum absolute atomic E-state index is 11.9. The molecule has 142 valence electrons. The topological polar surface area (TPSA) is 74.8 Å². The van der Waals surface area contributed by atoms with Crippen molar-refractivity contribution in [3.63, 3.8) is 0 Å². The summed E-state index contributed by atoms with van der Waals surface area (Å²) >= 11 is 0. The molecule has 0 radical (unpaired) electrons. The first kappa shape index (κ1) is 19.0. The number of benzene rings is 3. The lowest BCUT2D eigenvalue weighted by molar-refractivity contribution is -0.119. The van der Waals surface area contributed by atoms with Crippen molar-refractivity contribution < 1.29 is 9.53 Å². The molecule has 3 rings (SSSR count). The summed E-state index contributed by atoms with van der Waals surface area (Å²) in [4.78, 5) is 11.9. The van der Waals surface area contributed by atoms with Crippen LogP contribution in [0, 0.1) is 0 Å². The Morgan fingerprint density at radius 2 is 1.61 bits per heavy atom. The minimum atomic E-state index is -0.246. The third kappa shape index (κ3) is 5.60. The fraction of sp³-hybridized carbons (Fsp3) is 0.0909. The molecule has 0 bridgehead atoms. The van der Waals surface area contributed by atoms with Crippen LogP contribution in [-0.4, -0.2) is 25.8 Å². The highest BCUT2D eigenvalue weighted by Gasteiger charge is 2.03. The summed E-state index contributed by atoms with van der Waals surface area (Å²) in [7, 11) is 1.59. The molecule has 3 aromatic carbocycles. The smallest absolute Gasteiger partial charge is 0.259 e. The number of carbonyl (C=O) groups excluding carboxylic acids is 1. The molecule has 0 aromatic heterocycles. The van der Waals surface area contributed by atoms with Crippen molar-refractivity contribution in [1.82, 2.24) is 5.43 Å². The summed E-state index contributed by atoms with van der Waals surface area (Å²) in [6.45, 7) is 0.0949. The van der Waals surface area contributed by atoms with Gasteiger partial charge >= 0.3 is 0 Å². The molecule has 0 aliphatic rings. The van der Waals surface area contributed by atoms with Gasteiger partial charge in [0.05, 0.1) is 25.6 Å². The number of hydrogen-bond acceptors (Lipinski definition) is 5. The number of nitrogens with one attached hydrogen (secondary N) is 3. The zero-order chi connectivity index (χ0) is 19.6. The van der Waals surface area contributed by atoms with E-state index in [-0.39, 0.29) is 12.5 Å². The van der Waals surface area contributed by atoms with Crippen molar-refractivity contribution in [2.75, 3.05) is 24.3 Å². The molecule has 6 heteroatoms. The standard InChI is InChI=1S/C22H22N4O2/c1-28-21-10-6-5-9-20(21)23-16-22(27)26-24-15-17-11-13-19(14-12-17)25-18-7-3-2-4-8-18/h2-15,23,25H,16H2,1H3,(H,26,27)/b24-15-. The predicted octanol–water partition coefficient (Wildman–Crippen LogP) is 4.00. The molecule has 0 unspecified atom stereocenters. The molecule has 6 nitrogen and oxygen atoms in total. The number of amides is 1. The molecule has 3 aromatic rings. The second kappa shape index (κ2) is 9.78. The third-order valence-corrected chi connectivity index (χ3v) is 3.92. The first-order chi connectivity index (χ1) is 13.7. The van der Waals surface area contributed by atoms with E-state index in [0.717, 1.165) is 22.6 Å². The average Bonchev–Trinajstić information content (AvgIpc) is 2.74. The molecule has 1 amide bonds. The van der Waals surface area contributed by atoms with Gasteiger partial charge in [-0.2, -0.15) is 5.10 Å². The van der Waals surface area contributed by atoms with Gasteiger partial charge in [-0.1, -0.05) is 42.5 Å². The van der Waals surface area contributed by atoms with Crippen LogP contribution < -0.4 is 20.8 Å². The van der Waals surface area contributed by atoms with Crippen molar-refractivity contribution in [3.05, 3.63) is 84.4 Å². The zero-order valence-electron chi connectivity index (χ0n) is 15.6. The Labute approximate surface area is 164 Å². The van der Waals surface area contributed by atoms with Crippen LogP contribution in [0.2, 0.25) is 0 Å². The van der Waals surface area contributed by atoms with Crippen molar-refractivity contribution in [2.24, 2.45) is 5.10 Å². The summed E-state index contributed by atoms with van der Waals surface area (Å²) in [5.74, 6) is 0.438. The lowest BCUT2D eigenvalue weighted by Crippen LogP contribution is -2.26. The number of hydrazone groups is 1. The zero-order valence-corrected chi connectivity index (χ0v) is 15.6. The van der Waals surface area contributed by atoms with E-state index in [2.05, 4.69) is 21.2 Å². The third-order valence-electron chi connectivity index (χ3n) is 3.92. The molecule has 0 aliphatic heterocycles. The highest BCUT2D eigenvalue weighted by atomic mass is 16.5. The largest absolute Gasteiger partial charge is 0.495 e. The number of hydrogen-bond donors (Lipinski definition) is 3. The molecule has 0 saturated heterocycles. The van der Waals surface area contributed by atoms with E-state index < -0.39 is 0 Å². The second-order valence-electron chi connectivity index (χ2n) is 5.96. The van der Waals surface area contributed by atoms with Gasteiger partial charge in [0.2, 0.25) is 0 Å². The minimum absolute atomic E-state index is 0.0949. The van der Waals surface area contributed by atoms with Crippen LogP contribution in [0.1, 0.15) is 5.56 Å². The van der Waals surface area contributed by atoms with E-state index in [1.54, 1.807) is 13.3 Å². The number of carbonyl (C=O) groups is 1. The normalized spacial score (nSPS) is 10.5. The average molecular weight is 374 g/mol. The van der Waals surface area contributed by atoms with Gasteiger partial charge in [0.1, 0.15) is 5.75 Å². The van der Waals surface area contributed by atoms with Gasteiger partial charge in [0, 0.05) is 11.4 Å². The number of ether oxygens (including phenoxy) is 1. The van der Waals surface area contributed by atoms with Crippen molar-refractivity contribution in [1.29, 1.82) is 0 Å². The van der Waals surface area contributed by atoms with E-state index in [1.807, 2.05) is 78.9 Å². The lowest BCUT2D eigenvalue weighted by atomic mass is 10.2. The van der Waals surface area contributed by atoms with Crippen LogP contribution >= 0.6 is 0 Å². The fourth-order valence-electron chi connectivity index (χ4n) is 2.53. The van der Waals surface area contributed by atoms with E-state index in [9.17, 15) is 4.79 Å². The molecule has 0 aliphatic carbocycles. The first-order valence-corrected chi connectivity index (χ1v) is 8.85. The number of methoxy groups -OCH3 is 1. The Kier molecular flexibility index (Phi) is 6.62. The van der Waals surface area contributed by atoms with Crippen LogP contribution in [0.25, 0.3) is 0 Å². The van der Waals surface area contributed by atoms with Crippen LogP contribution in [0.5, 0.6) is 5.75 Å². The maximum atomic E-state index is 11.9. The van der Waals surface area contributed by atoms with Crippen molar-refractivity contribution in [2.45, 2.75) is 0 Å². The van der Waals surface area contributed by atoms with Crippen LogP contribution in [0.4, 0.5) is 17.1 Å². The molecule has 3 N–H and O–H groups in total. The predicted molar refractivity (Wildman–Crippen MR) is 113 cm³/mol. The minimum Gasteiger partial charge on any atom is -0.495 e. The fourth-order valence-corrected chi connectivity index (χ4v) is 2.53. The van der Waals surface area contributed by atoms with Gasteiger partial charge in [-0.15, -0.1) is 0 Å². The van der Waals surface area contributed by atoms with E-state index >= 15 is 0 Å². The first-order valence-electron chi connectivity index (χ1n) is 8.85. The summed E-state index contributed by atoms with van der Waals surface area (Å²) in [5, 5.41) is 10.3. The molecular weight excluding hydrogens is 352 g/mol. The molecule has 28 heavy (non-hydrogen) atoms. The Bertz CT molecular complexity index is 925. The monoisotopic (exact) mass is 374 g/mol. The van der Waals surface area contributed by atoms with E-state index in [1.165, 1.54) is 0 Å². The van der Waals surface area contributed by atoms with Crippen molar-refractivity contribution >= 4 is 29.2 Å². The second-order valence-corrected chi connectivity index (χ2v) is 5.96. The summed E-state index contributed by atoms with van der Waals surface area (Å²) in [6, 6.07) is 25.1. The number of rotatable bonds is 8. The molecule has 0 fully saturated rings. The number of nitrogens with zero attached hydrogens (tertiary/aromatic N) is 1. The molecule has 0 heterocycles. The SMILES string of the molecule is COc1ccccc1NCC(=O)N/N=C\c1ccc(Nc2ccccc2)cc1. The lowest BCUT2D eigenvalue weighted by Gasteiger charge is -2.09. The Morgan fingerprint density at radius 1 is 0.929 bits per heavy atom. The van der Waals surface area contributed by atoms with Gasteiger partial charge in [-0.25, -0.2) is 5.43 Å². The van der Waals surface area contributed by atoms with Crippen LogP contribution in [-0.2, 0) is 4.79 Å². The van der Waals surface area contributed by atoms with Gasteiger partial charge in [0.15, 0.2) is 0 Å². The number of para-hydroxylation sites is 3. The highest BCUT2D eigenvalue weighted by Crippen LogP contribution is 2.22. The van der Waals surface area contributed by atoms with Gasteiger partial charge in [-0.05, 0) is 42.0 Å². The summed E-state index contributed by atoms with van der Waals surface area (Å²) in [6.07, 6.45) is 1.60. The molecule has 0 atom stereocenters. The van der Waals surface area contributed by atoms with Gasteiger partial charge < -0.3 is 15.4 Å². The van der Waals surface area contributed by atoms with Gasteiger partial charge in [0.25, 0.3) is 5.91 Å². The van der Waals surface area contributed by atoms with Crippen LogP contribution in [0.15, 0.2) is 84.0 Å². The summed E-state index contributed by atoms with van der Waals surface area (Å²) in [5.41, 5.74) is 6.15. The van der Waals surface area contributed by atoms with E-state index in [0.29, 0.717) is 5.75 Å². The Hall–Kier alpha value is -3.80. The Balaban J connectivity index is 1.46. The number of anilines is 3. The highest BCUT2D eigenvalue weighted by molar-refractivity contribution is 5.85. The van der Waals surface area contributed by atoms with Crippen LogP contribution in [0.3, 0.4) is 0 Å².